The van der Waals surface area contributed by atoms with Gasteiger partial charge in [-0.1, -0.05) is 76.7 Å². The van der Waals surface area contributed by atoms with E-state index >= 15 is 0 Å². The Bertz CT molecular complexity index is 284. The van der Waals surface area contributed by atoms with Crippen molar-refractivity contribution in [1.82, 2.24) is 0 Å². The van der Waals surface area contributed by atoms with Crippen LogP contribution < -0.4 is 0 Å². The average Bonchev–Trinajstić information content (AvgIpc) is 2.60. The molecule has 0 saturated carbocycles. The maximum absolute atomic E-state index is 8.89. The fraction of sp³-hybridized carbons (Fsp3) is 0.818. The molecule has 24 heavy (non-hydrogen) atoms. The molecule has 142 valence electrons. The molecule has 0 aromatic carbocycles. The average molecular weight is 339 g/mol. The Hall–Kier alpha value is -0.600. The summed E-state index contributed by atoms with van der Waals surface area (Å²) in [6.45, 7) is 6.03. The van der Waals surface area contributed by atoms with Crippen LogP contribution in [0.15, 0.2) is 24.3 Å². The van der Waals surface area contributed by atoms with Gasteiger partial charge in [-0.2, -0.15) is 0 Å². The summed E-state index contributed by atoms with van der Waals surface area (Å²) in [5.74, 6) is 0.273. The predicted octanol–water partition coefficient (Wildman–Crippen LogP) is 6.44. The van der Waals surface area contributed by atoms with Crippen molar-refractivity contribution in [2.45, 2.75) is 90.9 Å². The first-order valence-corrected chi connectivity index (χ1v) is 10.3. The highest BCUT2D eigenvalue weighted by Gasteiger charge is 1.98. The monoisotopic (exact) mass is 338 g/mol. The third-order valence-corrected chi connectivity index (χ3v) is 4.20. The molecule has 0 aliphatic carbocycles. The van der Waals surface area contributed by atoms with Crippen LogP contribution in [0.3, 0.4) is 0 Å². The number of rotatable bonds is 18. The van der Waals surface area contributed by atoms with E-state index in [0.29, 0.717) is 6.61 Å². The summed E-state index contributed by atoms with van der Waals surface area (Å²) >= 11 is 0. The number of ether oxygens (including phenoxy) is 1. The molecule has 0 bridgehead atoms. The summed E-state index contributed by atoms with van der Waals surface area (Å²) in [4.78, 5) is 0. The fourth-order valence-corrected chi connectivity index (χ4v) is 2.53. The second kappa shape index (κ2) is 20.4. The van der Waals surface area contributed by atoms with Crippen molar-refractivity contribution in [3.05, 3.63) is 24.3 Å². The Labute approximate surface area is 151 Å². The maximum atomic E-state index is 8.89. The van der Waals surface area contributed by atoms with Gasteiger partial charge in [0.1, 0.15) is 0 Å². The number of hydrogen-bond donors (Lipinski definition) is 1. The molecule has 1 unspecified atom stereocenters. The first kappa shape index (κ1) is 23.4. The number of unbranched alkanes of at least 4 members (excludes halogenated alkanes) is 9. The van der Waals surface area contributed by atoms with Crippen molar-refractivity contribution < 1.29 is 9.84 Å². The van der Waals surface area contributed by atoms with Crippen LogP contribution in [0.2, 0.25) is 0 Å². The van der Waals surface area contributed by atoms with Crippen molar-refractivity contribution in [1.29, 1.82) is 0 Å². The van der Waals surface area contributed by atoms with Gasteiger partial charge in [0.25, 0.3) is 0 Å². The van der Waals surface area contributed by atoms with Gasteiger partial charge < -0.3 is 9.84 Å². The van der Waals surface area contributed by atoms with Gasteiger partial charge in [0, 0.05) is 19.1 Å². The number of aliphatic hydroxyl groups is 1. The van der Waals surface area contributed by atoms with E-state index in [0.717, 1.165) is 19.4 Å². The summed E-state index contributed by atoms with van der Waals surface area (Å²) < 4.78 is 5.53. The highest BCUT2D eigenvalue weighted by molar-refractivity contribution is 4.92. The van der Waals surface area contributed by atoms with Crippen LogP contribution in [-0.2, 0) is 4.74 Å². The quantitative estimate of drug-likeness (QED) is 0.230. The molecule has 0 spiro atoms. The van der Waals surface area contributed by atoms with Gasteiger partial charge in [-0.3, -0.25) is 0 Å². The Balaban J connectivity index is 3.15. The van der Waals surface area contributed by atoms with Crippen LogP contribution in [-0.4, -0.2) is 24.9 Å². The van der Waals surface area contributed by atoms with Gasteiger partial charge in [-0.15, -0.1) is 0 Å². The van der Waals surface area contributed by atoms with Gasteiger partial charge >= 0.3 is 0 Å². The molecular formula is C22H42O2. The summed E-state index contributed by atoms with van der Waals surface area (Å²) in [7, 11) is 0. The van der Waals surface area contributed by atoms with Gasteiger partial charge in [-0.25, -0.2) is 0 Å². The van der Waals surface area contributed by atoms with Crippen LogP contribution in [0.5, 0.6) is 0 Å². The second-order valence-corrected chi connectivity index (χ2v) is 6.95. The molecule has 0 radical (unpaired) electrons. The molecule has 0 saturated heterocycles. The lowest BCUT2D eigenvalue weighted by Gasteiger charge is -2.08. The summed E-state index contributed by atoms with van der Waals surface area (Å²) in [6.07, 6.45) is 24.6. The minimum Gasteiger partial charge on any atom is -0.396 e. The summed E-state index contributed by atoms with van der Waals surface area (Å²) in [5.41, 5.74) is 0. The van der Waals surface area contributed by atoms with Gasteiger partial charge in [0.2, 0.25) is 0 Å². The molecule has 0 aliphatic rings. The van der Waals surface area contributed by atoms with E-state index in [2.05, 4.69) is 31.2 Å². The van der Waals surface area contributed by atoms with Crippen molar-refractivity contribution in [3.63, 3.8) is 0 Å². The van der Waals surface area contributed by atoms with Crippen molar-refractivity contribution in [2.75, 3.05) is 19.8 Å². The zero-order chi connectivity index (χ0) is 17.7. The van der Waals surface area contributed by atoms with Crippen LogP contribution >= 0.6 is 0 Å². The molecule has 0 aromatic heterocycles. The lowest BCUT2D eigenvalue weighted by Crippen LogP contribution is -2.10. The highest BCUT2D eigenvalue weighted by atomic mass is 16.5. The summed E-state index contributed by atoms with van der Waals surface area (Å²) in [5, 5.41) is 8.89. The zero-order valence-electron chi connectivity index (χ0n) is 16.3. The molecule has 1 atom stereocenters. The lowest BCUT2D eigenvalue weighted by atomic mass is 10.1. The van der Waals surface area contributed by atoms with Crippen LogP contribution in [0.4, 0.5) is 0 Å². The molecule has 1 N–H and O–H groups in total. The van der Waals surface area contributed by atoms with Crippen LogP contribution in [0, 0.1) is 5.92 Å². The molecule has 2 nitrogen and oxygen atoms in total. The van der Waals surface area contributed by atoms with E-state index in [1.54, 1.807) is 0 Å². The molecule has 0 heterocycles. The van der Waals surface area contributed by atoms with Gasteiger partial charge in [0.15, 0.2) is 0 Å². The van der Waals surface area contributed by atoms with E-state index in [1.807, 2.05) is 6.92 Å². The molecule has 0 rings (SSSR count). The maximum Gasteiger partial charge on any atom is 0.0513 e. The normalized spacial score (nSPS) is 13.3. The Kier molecular flexibility index (Phi) is 19.9. The fourth-order valence-electron chi connectivity index (χ4n) is 2.53. The largest absolute Gasteiger partial charge is 0.396 e. The van der Waals surface area contributed by atoms with E-state index < -0.39 is 0 Å². The zero-order valence-corrected chi connectivity index (χ0v) is 16.3. The van der Waals surface area contributed by atoms with Gasteiger partial charge in [0.05, 0.1) is 6.61 Å². The summed E-state index contributed by atoms with van der Waals surface area (Å²) in [6, 6.07) is 0. The van der Waals surface area contributed by atoms with Crippen molar-refractivity contribution >= 4 is 0 Å². The smallest absolute Gasteiger partial charge is 0.0513 e. The van der Waals surface area contributed by atoms with E-state index in [4.69, 9.17) is 9.84 Å². The Morgan fingerprint density at radius 2 is 1.38 bits per heavy atom. The Morgan fingerprint density at radius 1 is 0.792 bits per heavy atom. The number of hydrogen-bond acceptors (Lipinski definition) is 2. The van der Waals surface area contributed by atoms with Crippen LogP contribution in [0.25, 0.3) is 0 Å². The standard InChI is InChI=1S/C22H42O2/c1-3-4-5-6-7-8-9-10-11-12-13-14-15-16-17-18-19-24-21-22(2)20-23/h7-8,10-11,22-23H,3-6,9,12-21H2,1-2H3/b8-7?,11-10-. The highest BCUT2D eigenvalue weighted by Crippen LogP contribution is 2.08. The predicted molar refractivity (Wildman–Crippen MR) is 106 cm³/mol. The number of allylic oxidation sites excluding steroid dienone is 4. The van der Waals surface area contributed by atoms with E-state index in [1.165, 1.54) is 64.2 Å². The first-order valence-electron chi connectivity index (χ1n) is 10.3. The second-order valence-electron chi connectivity index (χ2n) is 6.95. The van der Waals surface area contributed by atoms with Crippen molar-refractivity contribution in [3.8, 4) is 0 Å². The number of aliphatic hydroxyl groups excluding tert-OH is 1. The minimum absolute atomic E-state index is 0.226. The van der Waals surface area contributed by atoms with E-state index in [9.17, 15) is 0 Å². The SMILES string of the molecule is CCCCCC=CC/C=C\CCCCCCCCOCC(C)CO. The topological polar surface area (TPSA) is 29.5 Å². The molecule has 0 aromatic rings. The third kappa shape index (κ3) is 19.4. The molecular weight excluding hydrogens is 296 g/mol. The van der Waals surface area contributed by atoms with Crippen molar-refractivity contribution in [2.24, 2.45) is 5.92 Å². The minimum atomic E-state index is 0.226. The van der Waals surface area contributed by atoms with Crippen LogP contribution in [0.1, 0.15) is 90.9 Å². The third-order valence-electron chi connectivity index (χ3n) is 4.20. The van der Waals surface area contributed by atoms with Gasteiger partial charge in [-0.05, 0) is 38.5 Å². The lowest BCUT2D eigenvalue weighted by molar-refractivity contribution is 0.0775. The Morgan fingerprint density at radius 3 is 2.00 bits per heavy atom. The molecule has 0 aliphatic heterocycles. The molecule has 0 fully saturated rings. The first-order chi connectivity index (χ1) is 11.8. The molecule has 2 heteroatoms. The molecule has 0 amide bonds. The van der Waals surface area contributed by atoms with E-state index in [-0.39, 0.29) is 12.5 Å².